The van der Waals surface area contributed by atoms with Gasteiger partial charge in [0.1, 0.15) is 10.9 Å². The zero-order valence-corrected chi connectivity index (χ0v) is 12.0. The van der Waals surface area contributed by atoms with Crippen LogP contribution in [0.3, 0.4) is 0 Å². The zero-order valence-electron chi connectivity index (χ0n) is 11.2. The van der Waals surface area contributed by atoms with Gasteiger partial charge in [-0.1, -0.05) is 0 Å². The molecule has 1 amide bonds. The summed E-state index contributed by atoms with van der Waals surface area (Å²) in [4.78, 5) is 21.2. The standard InChI is InChI=1S/C12H9F3N2O5S/c13-6-1-2-8(11(15)10(6)14)23(21,22)17-4-3-16-12(20)7(17)5-9(18)19/h1-4,7H,5H2,(H,16,20)(H,18,19)/t7-/m1/s1. The lowest BCUT2D eigenvalue weighted by atomic mass is 10.2. The van der Waals surface area contributed by atoms with E-state index in [-0.39, 0.29) is 4.31 Å². The summed E-state index contributed by atoms with van der Waals surface area (Å²) in [7, 11) is -4.82. The monoisotopic (exact) mass is 350 g/mol. The number of amides is 1. The van der Waals surface area contributed by atoms with Gasteiger partial charge in [-0.3, -0.25) is 13.9 Å². The summed E-state index contributed by atoms with van der Waals surface area (Å²) in [5.41, 5.74) is 0. The van der Waals surface area contributed by atoms with Crippen LogP contribution >= 0.6 is 0 Å². The van der Waals surface area contributed by atoms with E-state index in [4.69, 9.17) is 5.11 Å². The van der Waals surface area contributed by atoms with E-state index in [0.29, 0.717) is 12.1 Å². The second-order valence-electron chi connectivity index (χ2n) is 4.45. The first-order valence-electron chi connectivity index (χ1n) is 6.02. The van der Waals surface area contributed by atoms with E-state index >= 15 is 0 Å². The van der Waals surface area contributed by atoms with Crippen molar-refractivity contribution in [3.05, 3.63) is 42.0 Å². The van der Waals surface area contributed by atoms with Crippen molar-refractivity contribution >= 4 is 21.9 Å². The molecular formula is C12H9F3N2O5S. The number of halogens is 3. The summed E-state index contributed by atoms with van der Waals surface area (Å²) in [5.74, 6) is -7.98. The maximum atomic E-state index is 13.7. The highest BCUT2D eigenvalue weighted by Crippen LogP contribution is 2.26. The molecule has 0 spiro atoms. The van der Waals surface area contributed by atoms with E-state index in [1.54, 1.807) is 0 Å². The Morgan fingerprint density at radius 3 is 2.52 bits per heavy atom. The molecule has 0 aromatic heterocycles. The third kappa shape index (κ3) is 2.99. The second kappa shape index (κ2) is 5.91. The molecule has 0 fully saturated rings. The van der Waals surface area contributed by atoms with Crippen LogP contribution in [0, 0.1) is 17.5 Å². The number of carboxylic acids is 1. The third-order valence-corrected chi connectivity index (χ3v) is 4.78. The van der Waals surface area contributed by atoms with E-state index in [2.05, 4.69) is 5.32 Å². The SMILES string of the molecule is O=C(O)C[C@@H]1C(=O)NC=CN1S(=O)(=O)c1ccc(F)c(F)c1F. The molecule has 1 aliphatic rings. The number of carbonyl (C=O) groups is 2. The summed E-state index contributed by atoms with van der Waals surface area (Å²) in [6.45, 7) is 0. The molecule has 0 unspecified atom stereocenters. The molecule has 0 aliphatic carbocycles. The highest BCUT2D eigenvalue weighted by Gasteiger charge is 2.38. The quantitative estimate of drug-likeness (QED) is 0.772. The molecule has 7 nitrogen and oxygen atoms in total. The van der Waals surface area contributed by atoms with Crippen LogP contribution < -0.4 is 5.32 Å². The van der Waals surface area contributed by atoms with Gasteiger partial charge < -0.3 is 10.4 Å². The average Bonchev–Trinajstić information content (AvgIpc) is 2.46. The van der Waals surface area contributed by atoms with Crippen LogP contribution in [-0.4, -0.2) is 35.7 Å². The minimum absolute atomic E-state index is 0.287. The number of aliphatic carboxylic acids is 1. The fraction of sp³-hybridized carbons (Fsp3) is 0.167. The number of rotatable bonds is 4. The fourth-order valence-electron chi connectivity index (χ4n) is 1.93. The van der Waals surface area contributed by atoms with E-state index in [1.165, 1.54) is 0 Å². The second-order valence-corrected chi connectivity index (χ2v) is 6.26. The normalized spacial score (nSPS) is 18.0. The summed E-state index contributed by atoms with van der Waals surface area (Å²) < 4.78 is 65.0. The maximum Gasteiger partial charge on any atom is 0.306 e. The van der Waals surface area contributed by atoms with E-state index in [1.807, 2.05) is 0 Å². The molecule has 0 bridgehead atoms. The smallest absolute Gasteiger partial charge is 0.306 e. The van der Waals surface area contributed by atoms with Crippen molar-refractivity contribution in [1.29, 1.82) is 0 Å². The Morgan fingerprint density at radius 1 is 1.26 bits per heavy atom. The number of nitrogens with zero attached hydrogens (tertiary/aromatic N) is 1. The first-order chi connectivity index (χ1) is 10.7. The van der Waals surface area contributed by atoms with Crippen LogP contribution in [0.5, 0.6) is 0 Å². The third-order valence-electron chi connectivity index (χ3n) is 2.98. The van der Waals surface area contributed by atoms with E-state index in [0.717, 1.165) is 12.4 Å². The number of benzene rings is 1. The van der Waals surface area contributed by atoms with Gasteiger partial charge in [0.25, 0.3) is 10.0 Å². The van der Waals surface area contributed by atoms with Crippen molar-refractivity contribution < 1.29 is 36.3 Å². The van der Waals surface area contributed by atoms with Crippen LogP contribution in [0.15, 0.2) is 29.4 Å². The van der Waals surface area contributed by atoms with Gasteiger partial charge in [-0.15, -0.1) is 0 Å². The molecular weight excluding hydrogens is 341 g/mol. The van der Waals surface area contributed by atoms with Gasteiger partial charge in [-0.2, -0.15) is 0 Å². The summed E-state index contributed by atoms with van der Waals surface area (Å²) in [5, 5.41) is 10.9. The first kappa shape index (κ1) is 16.8. The number of hydrogen-bond donors (Lipinski definition) is 2. The van der Waals surface area contributed by atoms with Gasteiger partial charge in [-0.25, -0.2) is 21.6 Å². The van der Waals surface area contributed by atoms with E-state index in [9.17, 15) is 31.2 Å². The Hall–Kier alpha value is -2.56. The Balaban J connectivity index is 2.55. The minimum atomic E-state index is -4.82. The predicted octanol–water partition coefficient (Wildman–Crippen LogP) is 0.539. The van der Waals surface area contributed by atoms with Crippen molar-refractivity contribution in [2.75, 3.05) is 0 Å². The Bertz CT molecular complexity index is 809. The molecule has 1 aromatic carbocycles. The number of nitrogens with one attached hydrogen (secondary N) is 1. The maximum absolute atomic E-state index is 13.7. The fourth-order valence-corrected chi connectivity index (χ4v) is 3.43. The topological polar surface area (TPSA) is 104 Å². The lowest BCUT2D eigenvalue weighted by Gasteiger charge is -2.30. The van der Waals surface area contributed by atoms with Gasteiger partial charge in [0.2, 0.25) is 5.91 Å². The summed E-state index contributed by atoms with van der Waals surface area (Å²) in [6, 6.07) is -0.804. The minimum Gasteiger partial charge on any atom is -0.481 e. The number of sulfonamides is 1. The molecule has 0 radical (unpaired) electrons. The lowest BCUT2D eigenvalue weighted by molar-refractivity contribution is -0.140. The van der Waals surface area contributed by atoms with Crippen LogP contribution in [0.2, 0.25) is 0 Å². The molecule has 1 aliphatic heterocycles. The van der Waals surface area contributed by atoms with Gasteiger partial charge in [0.05, 0.1) is 6.42 Å². The molecule has 1 atom stereocenters. The summed E-state index contributed by atoms with van der Waals surface area (Å²) in [6.07, 6.45) is 0.793. The van der Waals surface area contributed by atoms with E-state index < -0.39 is 56.7 Å². The van der Waals surface area contributed by atoms with Crippen molar-refractivity contribution in [2.24, 2.45) is 0 Å². The highest BCUT2D eigenvalue weighted by atomic mass is 32.2. The molecule has 1 aromatic rings. The summed E-state index contributed by atoms with van der Waals surface area (Å²) >= 11 is 0. The highest BCUT2D eigenvalue weighted by molar-refractivity contribution is 7.89. The molecule has 1 heterocycles. The number of hydrogen-bond acceptors (Lipinski definition) is 4. The van der Waals surface area contributed by atoms with Crippen molar-refractivity contribution in [1.82, 2.24) is 9.62 Å². The molecule has 0 saturated heterocycles. The van der Waals surface area contributed by atoms with Crippen molar-refractivity contribution in [2.45, 2.75) is 17.4 Å². The number of carboxylic acid groups (broad SMARTS) is 1. The molecule has 11 heteroatoms. The molecule has 124 valence electrons. The Kier molecular flexibility index (Phi) is 4.32. The molecule has 23 heavy (non-hydrogen) atoms. The van der Waals surface area contributed by atoms with Crippen molar-refractivity contribution in [3.8, 4) is 0 Å². The zero-order chi connectivity index (χ0) is 17.4. The lowest BCUT2D eigenvalue weighted by Crippen LogP contribution is -2.50. The molecule has 0 saturated carbocycles. The largest absolute Gasteiger partial charge is 0.481 e. The average molecular weight is 350 g/mol. The van der Waals surface area contributed by atoms with Crippen molar-refractivity contribution in [3.63, 3.8) is 0 Å². The van der Waals surface area contributed by atoms with Crippen LogP contribution in [0.1, 0.15) is 6.42 Å². The van der Waals surface area contributed by atoms with Gasteiger partial charge in [0, 0.05) is 12.4 Å². The first-order valence-corrected chi connectivity index (χ1v) is 7.46. The predicted molar refractivity (Wildman–Crippen MR) is 68.7 cm³/mol. The van der Waals surface area contributed by atoms with Crippen LogP contribution in [0.25, 0.3) is 0 Å². The molecule has 2 rings (SSSR count). The Labute approximate surface area is 128 Å². The molecule has 2 N–H and O–H groups in total. The van der Waals surface area contributed by atoms with Gasteiger partial charge in [-0.05, 0) is 12.1 Å². The number of carbonyl (C=O) groups excluding carboxylic acids is 1. The van der Waals surface area contributed by atoms with Gasteiger partial charge >= 0.3 is 5.97 Å². The Morgan fingerprint density at radius 2 is 1.91 bits per heavy atom. The van der Waals surface area contributed by atoms with Gasteiger partial charge in [0.15, 0.2) is 17.5 Å². The van der Waals surface area contributed by atoms with Crippen LogP contribution in [0.4, 0.5) is 13.2 Å². The van der Waals surface area contributed by atoms with Crippen LogP contribution in [-0.2, 0) is 19.6 Å².